The Labute approximate surface area is 186 Å². The van der Waals surface area contributed by atoms with Crippen molar-refractivity contribution in [3.63, 3.8) is 0 Å². The van der Waals surface area contributed by atoms with Crippen molar-refractivity contribution in [2.75, 3.05) is 31.5 Å². The summed E-state index contributed by atoms with van der Waals surface area (Å²) in [6.45, 7) is 3.40. The normalized spacial score (nSPS) is 17.8. The van der Waals surface area contributed by atoms with Gasteiger partial charge >= 0.3 is 12.2 Å². The van der Waals surface area contributed by atoms with Crippen LogP contribution in [0.2, 0.25) is 0 Å². The molecule has 0 unspecified atom stereocenters. The van der Waals surface area contributed by atoms with E-state index in [0.29, 0.717) is 12.5 Å². The summed E-state index contributed by atoms with van der Waals surface area (Å²) in [5, 5.41) is 2.71. The zero-order valence-electron chi connectivity index (χ0n) is 18.0. The predicted octanol–water partition coefficient (Wildman–Crippen LogP) is 5.05. The number of rotatable bonds is 7. The number of carbonyl (C=O) groups is 1. The minimum absolute atomic E-state index is 0.104. The van der Waals surface area contributed by atoms with Gasteiger partial charge in [0.25, 0.3) is 0 Å². The fraction of sp³-hybridized carbons (Fsp3) is 0.500. The average molecular weight is 447 g/mol. The lowest BCUT2D eigenvalue weighted by molar-refractivity contribution is -0.137. The lowest BCUT2D eigenvalue weighted by Crippen LogP contribution is -2.49. The van der Waals surface area contributed by atoms with E-state index in [1.165, 1.54) is 12.1 Å². The average Bonchev–Trinajstić information content (AvgIpc) is 3.61. The first kappa shape index (κ1) is 22.6. The van der Waals surface area contributed by atoms with E-state index in [1.807, 2.05) is 23.1 Å². The Morgan fingerprint density at radius 3 is 2.53 bits per heavy atom. The summed E-state index contributed by atoms with van der Waals surface area (Å²) in [4.78, 5) is 21.7. The molecule has 1 saturated heterocycles. The minimum Gasteiger partial charge on any atom is -0.321 e. The Morgan fingerprint density at radius 1 is 1.09 bits per heavy atom. The molecule has 32 heavy (non-hydrogen) atoms. The van der Waals surface area contributed by atoms with Gasteiger partial charge in [-0.3, -0.25) is 4.98 Å². The number of aromatic nitrogens is 1. The molecule has 1 aliphatic heterocycles. The lowest BCUT2D eigenvalue weighted by atomic mass is 10.0. The zero-order valence-corrected chi connectivity index (χ0v) is 18.0. The van der Waals surface area contributed by atoms with Crippen LogP contribution in [0.1, 0.15) is 36.9 Å². The van der Waals surface area contributed by atoms with Crippen LogP contribution in [0, 0.1) is 5.92 Å². The molecule has 2 aliphatic rings. The third-order valence-corrected chi connectivity index (χ3v) is 6.26. The molecular formula is C24H29F3N4O. The standard InChI is InChI=1S/C24H29F3N4O/c25-24(26,27)19-4-3-6-21(16-19)29-23(32)31(17-18-7-8-18)22-10-14-30(15-11-22)13-9-20-5-1-2-12-28-20/h1-6,12,16,18,22H,7-11,13-15,17H2,(H,29,32). The highest BCUT2D eigenvalue weighted by atomic mass is 19.4. The molecule has 172 valence electrons. The molecule has 0 spiro atoms. The Morgan fingerprint density at radius 2 is 1.88 bits per heavy atom. The van der Waals surface area contributed by atoms with Crippen molar-refractivity contribution >= 4 is 11.7 Å². The number of nitrogens with one attached hydrogen (secondary N) is 1. The van der Waals surface area contributed by atoms with Crippen molar-refractivity contribution in [2.24, 2.45) is 5.92 Å². The second-order valence-corrected chi connectivity index (χ2v) is 8.75. The van der Waals surface area contributed by atoms with Crippen LogP contribution in [-0.4, -0.2) is 53.0 Å². The number of anilines is 1. The van der Waals surface area contributed by atoms with Crippen LogP contribution in [0.15, 0.2) is 48.7 Å². The number of amides is 2. The molecule has 1 N–H and O–H groups in total. The predicted molar refractivity (Wildman–Crippen MR) is 117 cm³/mol. The summed E-state index contributed by atoms with van der Waals surface area (Å²) in [5.74, 6) is 0.504. The molecule has 0 bridgehead atoms. The quantitative estimate of drug-likeness (QED) is 0.647. The first-order valence-electron chi connectivity index (χ1n) is 11.3. The van der Waals surface area contributed by atoms with E-state index in [2.05, 4.69) is 15.2 Å². The van der Waals surface area contributed by atoms with Gasteiger partial charge in [-0.1, -0.05) is 12.1 Å². The Hall–Kier alpha value is -2.61. The number of halogens is 3. The van der Waals surface area contributed by atoms with Crippen molar-refractivity contribution in [1.82, 2.24) is 14.8 Å². The summed E-state index contributed by atoms with van der Waals surface area (Å²) in [6, 6.07) is 10.6. The van der Waals surface area contributed by atoms with E-state index in [4.69, 9.17) is 0 Å². The van der Waals surface area contributed by atoms with E-state index < -0.39 is 11.7 Å². The molecule has 1 aromatic heterocycles. The van der Waals surface area contributed by atoms with E-state index in [9.17, 15) is 18.0 Å². The fourth-order valence-corrected chi connectivity index (χ4v) is 4.22. The molecule has 1 aromatic carbocycles. The van der Waals surface area contributed by atoms with E-state index in [1.54, 1.807) is 6.20 Å². The summed E-state index contributed by atoms with van der Waals surface area (Å²) in [7, 11) is 0. The highest BCUT2D eigenvalue weighted by Gasteiger charge is 2.34. The number of piperidine rings is 1. The van der Waals surface area contributed by atoms with E-state index in [0.717, 1.165) is 69.6 Å². The number of hydrogen-bond acceptors (Lipinski definition) is 3. The van der Waals surface area contributed by atoms with Crippen molar-refractivity contribution in [1.29, 1.82) is 0 Å². The maximum Gasteiger partial charge on any atom is 0.416 e. The first-order valence-corrected chi connectivity index (χ1v) is 11.3. The molecule has 0 atom stereocenters. The molecule has 2 heterocycles. The van der Waals surface area contributed by atoms with Gasteiger partial charge < -0.3 is 15.1 Å². The number of likely N-dealkylation sites (tertiary alicyclic amines) is 1. The molecule has 2 aromatic rings. The van der Waals surface area contributed by atoms with Gasteiger partial charge in [0.05, 0.1) is 5.56 Å². The highest BCUT2D eigenvalue weighted by molar-refractivity contribution is 5.89. The van der Waals surface area contributed by atoms with Gasteiger partial charge in [0, 0.05) is 56.2 Å². The van der Waals surface area contributed by atoms with Crippen molar-refractivity contribution in [2.45, 2.75) is 44.3 Å². The summed E-state index contributed by atoms with van der Waals surface area (Å²) >= 11 is 0. The van der Waals surface area contributed by atoms with Gasteiger partial charge in [0.1, 0.15) is 0 Å². The third-order valence-electron chi connectivity index (χ3n) is 6.26. The van der Waals surface area contributed by atoms with Crippen LogP contribution in [-0.2, 0) is 12.6 Å². The zero-order chi connectivity index (χ0) is 22.6. The molecule has 8 heteroatoms. The van der Waals surface area contributed by atoms with E-state index >= 15 is 0 Å². The SMILES string of the molecule is O=C(Nc1cccc(C(F)(F)F)c1)N(CC1CC1)C1CCN(CCc2ccccn2)CC1. The van der Waals surface area contributed by atoms with Crippen molar-refractivity contribution in [3.8, 4) is 0 Å². The number of pyridine rings is 1. The van der Waals surface area contributed by atoms with Crippen LogP contribution >= 0.6 is 0 Å². The molecule has 0 radical (unpaired) electrons. The largest absolute Gasteiger partial charge is 0.416 e. The van der Waals surface area contributed by atoms with Gasteiger partial charge in [-0.15, -0.1) is 0 Å². The summed E-state index contributed by atoms with van der Waals surface area (Å²) in [5.41, 5.74) is 0.495. The molecule has 1 saturated carbocycles. The molecule has 1 aliphatic carbocycles. The van der Waals surface area contributed by atoms with Gasteiger partial charge in [-0.05, 0) is 61.9 Å². The summed E-state index contributed by atoms with van der Waals surface area (Å²) < 4.78 is 39.0. The highest BCUT2D eigenvalue weighted by Crippen LogP contribution is 2.33. The Bertz CT molecular complexity index is 894. The molecule has 2 fully saturated rings. The fourth-order valence-electron chi connectivity index (χ4n) is 4.22. The van der Waals surface area contributed by atoms with Crippen molar-refractivity contribution < 1.29 is 18.0 Å². The van der Waals surface area contributed by atoms with Crippen LogP contribution in [0.3, 0.4) is 0 Å². The third kappa shape index (κ3) is 6.22. The number of urea groups is 1. The van der Waals surface area contributed by atoms with Crippen LogP contribution < -0.4 is 5.32 Å². The Balaban J connectivity index is 1.34. The number of benzene rings is 1. The van der Waals surface area contributed by atoms with Crippen molar-refractivity contribution in [3.05, 3.63) is 59.9 Å². The second kappa shape index (κ2) is 9.90. The minimum atomic E-state index is -4.43. The van der Waals surface area contributed by atoms with Crippen LogP contribution in [0.5, 0.6) is 0 Å². The van der Waals surface area contributed by atoms with Crippen LogP contribution in [0.25, 0.3) is 0 Å². The second-order valence-electron chi connectivity index (χ2n) is 8.75. The van der Waals surface area contributed by atoms with Gasteiger partial charge in [-0.25, -0.2) is 4.79 Å². The molecule has 4 rings (SSSR count). The van der Waals surface area contributed by atoms with Crippen LogP contribution in [0.4, 0.5) is 23.7 Å². The first-order chi connectivity index (χ1) is 15.4. The monoisotopic (exact) mass is 446 g/mol. The number of nitrogens with zero attached hydrogens (tertiary/aromatic N) is 3. The Kier molecular flexibility index (Phi) is 6.98. The summed E-state index contributed by atoms with van der Waals surface area (Å²) in [6.07, 6.45) is 2.21. The maximum absolute atomic E-state index is 13.0. The van der Waals surface area contributed by atoms with E-state index in [-0.39, 0.29) is 17.8 Å². The number of hydrogen-bond donors (Lipinski definition) is 1. The molecular weight excluding hydrogens is 417 g/mol. The topological polar surface area (TPSA) is 48.5 Å². The number of carbonyl (C=O) groups excluding carboxylic acids is 1. The van der Waals surface area contributed by atoms with Gasteiger partial charge in [0.2, 0.25) is 0 Å². The number of alkyl halides is 3. The molecule has 5 nitrogen and oxygen atoms in total. The maximum atomic E-state index is 13.0. The van der Waals surface area contributed by atoms with Gasteiger partial charge in [0.15, 0.2) is 0 Å². The molecule has 2 amide bonds. The lowest BCUT2D eigenvalue weighted by Gasteiger charge is -2.38. The smallest absolute Gasteiger partial charge is 0.321 e. The van der Waals surface area contributed by atoms with Gasteiger partial charge in [-0.2, -0.15) is 13.2 Å².